The Morgan fingerprint density at radius 3 is 2.62 bits per heavy atom. The molecule has 0 fully saturated rings. The molecule has 0 bridgehead atoms. The maximum atomic E-state index is 12.5. The molecule has 0 aliphatic heterocycles. The summed E-state index contributed by atoms with van der Waals surface area (Å²) >= 11 is 3.03. The van der Waals surface area contributed by atoms with Crippen LogP contribution in [-0.2, 0) is 4.79 Å². The van der Waals surface area contributed by atoms with Crippen molar-refractivity contribution in [3.8, 4) is 10.0 Å². The van der Waals surface area contributed by atoms with Gasteiger partial charge >= 0.3 is 0 Å². The molecule has 0 amide bonds. The summed E-state index contributed by atoms with van der Waals surface area (Å²) in [7, 11) is 0. The lowest BCUT2D eigenvalue weighted by molar-refractivity contribution is -0.118. The highest BCUT2D eigenvalue weighted by molar-refractivity contribution is 7.21. The van der Waals surface area contributed by atoms with Gasteiger partial charge in [-0.3, -0.25) is 9.59 Å². The monoisotopic (exact) mass is 362 g/mol. The van der Waals surface area contributed by atoms with Crippen molar-refractivity contribution >= 4 is 40.3 Å². The topological polar surface area (TPSA) is 59.9 Å². The molecule has 2 aromatic heterocycles. The first-order valence-corrected chi connectivity index (χ1v) is 9.93. The Morgan fingerprint density at radius 1 is 1.17 bits per heavy atom. The van der Waals surface area contributed by atoms with E-state index in [1.165, 1.54) is 22.7 Å². The van der Waals surface area contributed by atoms with Crippen LogP contribution >= 0.6 is 22.7 Å². The highest BCUT2D eigenvalue weighted by Crippen LogP contribution is 2.31. The number of allylic oxidation sites excluding steroid dienone is 1. The molecule has 0 saturated carbocycles. The first kappa shape index (κ1) is 18.7. The van der Waals surface area contributed by atoms with Crippen molar-refractivity contribution < 1.29 is 9.59 Å². The van der Waals surface area contributed by atoms with Gasteiger partial charge in [0.1, 0.15) is 11.5 Å². The fourth-order valence-corrected chi connectivity index (χ4v) is 4.03. The van der Waals surface area contributed by atoms with E-state index in [-0.39, 0.29) is 5.78 Å². The van der Waals surface area contributed by atoms with Gasteiger partial charge in [0, 0.05) is 30.8 Å². The van der Waals surface area contributed by atoms with Gasteiger partial charge in [0.2, 0.25) is 0 Å². The molecule has 0 aliphatic rings. The first-order chi connectivity index (χ1) is 11.7. The maximum Gasteiger partial charge on any atom is 0.182 e. The van der Waals surface area contributed by atoms with E-state index in [1.54, 1.807) is 6.20 Å². The summed E-state index contributed by atoms with van der Waals surface area (Å²) in [5.41, 5.74) is 0.549. The lowest BCUT2D eigenvalue weighted by Crippen LogP contribution is -2.02. The van der Waals surface area contributed by atoms with Crippen molar-refractivity contribution in [2.24, 2.45) is 0 Å². The number of aromatic nitrogens is 2. The third-order valence-corrected chi connectivity index (χ3v) is 5.54. The second-order valence-corrected chi connectivity index (χ2v) is 7.37. The predicted octanol–water partition coefficient (Wildman–Crippen LogP) is 5.41. The second kappa shape index (κ2) is 9.59. The molecular weight excluding hydrogens is 340 g/mol. The van der Waals surface area contributed by atoms with Crippen LogP contribution in [0, 0.1) is 0 Å². The first-order valence-electron chi connectivity index (χ1n) is 8.24. The average molecular weight is 363 g/mol. The zero-order chi connectivity index (χ0) is 17.4. The molecule has 0 atom stereocenters. The Bertz CT molecular complexity index is 703. The van der Waals surface area contributed by atoms with Crippen LogP contribution in [0.15, 0.2) is 17.7 Å². The summed E-state index contributed by atoms with van der Waals surface area (Å²) in [5, 5.41) is 3.56. The van der Waals surface area contributed by atoms with Gasteiger partial charge in [0.15, 0.2) is 15.8 Å². The lowest BCUT2D eigenvalue weighted by Gasteiger charge is -2.00. The molecule has 0 saturated heterocycles. The Kier molecular flexibility index (Phi) is 7.46. The largest absolute Gasteiger partial charge is 0.300 e. The Labute approximate surface area is 150 Å². The van der Waals surface area contributed by atoms with E-state index in [4.69, 9.17) is 0 Å². The Morgan fingerprint density at radius 2 is 1.96 bits per heavy atom. The molecule has 0 spiro atoms. The van der Waals surface area contributed by atoms with Gasteiger partial charge < -0.3 is 0 Å². The summed E-state index contributed by atoms with van der Waals surface area (Å²) in [5.74, 6) is 0.369. The van der Waals surface area contributed by atoms with Gasteiger partial charge in [0.25, 0.3) is 0 Å². The fourth-order valence-electron chi connectivity index (χ4n) is 2.30. The zero-order valence-electron chi connectivity index (χ0n) is 14.1. The smallest absolute Gasteiger partial charge is 0.182 e. The number of nitrogens with zero attached hydrogens (tertiary/aromatic N) is 2. The summed E-state index contributed by atoms with van der Waals surface area (Å²) in [6.45, 7) is 3.82. The number of Topliss-reactive ketones (excluding diaryl/α,β-unsaturated/α-hetero) is 2. The number of ketones is 2. The van der Waals surface area contributed by atoms with Crippen molar-refractivity contribution in [2.45, 2.75) is 52.4 Å². The van der Waals surface area contributed by atoms with E-state index in [1.807, 2.05) is 31.4 Å². The quantitative estimate of drug-likeness (QED) is 0.419. The van der Waals surface area contributed by atoms with Crippen LogP contribution in [0.3, 0.4) is 0 Å². The molecule has 2 rings (SSSR count). The van der Waals surface area contributed by atoms with Crippen LogP contribution in [0.5, 0.6) is 0 Å². The molecule has 0 N–H and O–H groups in total. The van der Waals surface area contributed by atoms with Crippen LogP contribution < -0.4 is 0 Å². The molecule has 0 radical (unpaired) electrons. The molecule has 0 unspecified atom stereocenters. The van der Waals surface area contributed by atoms with Crippen molar-refractivity contribution in [1.29, 1.82) is 0 Å². The SMILES string of the molecule is C/C=C/c1sc(-c2nccs2)nc1C(=O)CCCCCC(=O)CC. The minimum atomic E-state index is 0.0731. The number of carbonyl (C=O) groups is 2. The zero-order valence-corrected chi connectivity index (χ0v) is 15.7. The molecule has 24 heavy (non-hydrogen) atoms. The summed E-state index contributed by atoms with van der Waals surface area (Å²) < 4.78 is 0. The van der Waals surface area contributed by atoms with Crippen molar-refractivity contribution in [1.82, 2.24) is 9.97 Å². The van der Waals surface area contributed by atoms with Crippen LogP contribution in [0.4, 0.5) is 0 Å². The van der Waals surface area contributed by atoms with Gasteiger partial charge in [-0.15, -0.1) is 22.7 Å². The fraction of sp³-hybridized carbons (Fsp3) is 0.444. The van der Waals surface area contributed by atoms with Gasteiger partial charge in [-0.1, -0.05) is 19.4 Å². The minimum Gasteiger partial charge on any atom is -0.300 e. The van der Waals surface area contributed by atoms with Crippen molar-refractivity contribution in [2.75, 3.05) is 0 Å². The number of hydrogen-bond acceptors (Lipinski definition) is 6. The minimum absolute atomic E-state index is 0.0731. The van der Waals surface area contributed by atoms with E-state index in [9.17, 15) is 9.59 Å². The number of rotatable bonds is 10. The Hall–Kier alpha value is -1.66. The second-order valence-electron chi connectivity index (χ2n) is 5.45. The molecule has 4 nitrogen and oxygen atoms in total. The highest BCUT2D eigenvalue weighted by atomic mass is 32.1. The van der Waals surface area contributed by atoms with Gasteiger partial charge in [0.05, 0.1) is 4.88 Å². The normalized spacial score (nSPS) is 11.2. The van der Waals surface area contributed by atoms with Crippen LogP contribution in [0.25, 0.3) is 16.1 Å². The number of hydrogen-bond donors (Lipinski definition) is 0. The molecule has 128 valence electrons. The lowest BCUT2D eigenvalue weighted by atomic mass is 10.1. The van der Waals surface area contributed by atoms with E-state index < -0.39 is 0 Å². The highest BCUT2D eigenvalue weighted by Gasteiger charge is 2.18. The van der Waals surface area contributed by atoms with Crippen LogP contribution in [-0.4, -0.2) is 21.5 Å². The molecule has 0 aromatic carbocycles. The van der Waals surface area contributed by atoms with Crippen molar-refractivity contribution in [3.05, 3.63) is 28.2 Å². The summed E-state index contributed by atoms with van der Waals surface area (Å²) in [4.78, 5) is 33.5. The van der Waals surface area contributed by atoms with E-state index >= 15 is 0 Å². The molecule has 0 aliphatic carbocycles. The third-order valence-electron chi connectivity index (χ3n) is 3.60. The third kappa shape index (κ3) is 5.18. The Balaban J connectivity index is 1.96. The predicted molar refractivity (Wildman–Crippen MR) is 101 cm³/mol. The number of thiazole rings is 2. The van der Waals surface area contributed by atoms with Gasteiger partial charge in [-0.25, -0.2) is 9.97 Å². The van der Waals surface area contributed by atoms with E-state index in [0.717, 1.165) is 34.2 Å². The van der Waals surface area contributed by atoms with Crippen molar-refractivity contribution in [3.63, 3.8) is 0 Å². The standard InChI is InChI=1S/C18H22N2O2S2/c1-3-8-15-16(20-18(24-15)17-19-11-12-23-17)14(22)10-7-5-6-9-13(21)4-2/h3,8,11-12H,4-7,9-10H2,1-2H3/b8-3+. The molecule has 6 heteroatoms. The number of unbranched alkanes of at least 4 members (excludes halogenated alkanes) is 2. The molecular formula is C18H22N2O2S2. The average Bonchev–Trinajstić information content (AvgIpc) is 3.23. The van der Waals surface area contributed by atoms with Crippen LogP contribution in [0.2, 0.25) is 0 Å². The van der Waals surface area contributed by atoms with E-state index in [0.29, 0.717) is 30.7 Å². The molecule has 2 heterocycles. The van der Waals surface area contributed by atoms with Gasteiger partial charge in [-0.2, -0.15) is 0 Å². The number of carbonyl (C=O) groups excluding carboxylic acids is 2. The van der Waals surface area contributed by atoms with Gasteiger partial charge in [-0.05, 0) is 25.8 Å². The summed E-state index contributed by atoms with van der Waals surface area (Å²) in [6, 6.07) is 0. The molecule has 2 aromatic rings. The van der Waals surface area contributed by atoms with E-state index in [2.05, 4.69) is 9.97 Å². The maximum absolute atomic E-state index is 12.5. The summed E-state index contributed by atoms with van der Waals surface area (Å²) in [6.07, 6.45) is 9.87. The van der Waals surface area contributed by atoms with Crippen LogP contribution in [0.1, 0.15) is 67.7 Å².